The van der Waals surface area contributed by atoms with Gasteiger partial charge < -0.3 is 4.84 Å². The van der Waals surface area contributed by atoms with E-state index >= 15 is 0 Å². The van der Waals surface area contributed by atoms with Crippen LogP contribution in [-0.2, 0) is 4.84 Å². The maximum Gasteiger partial charge on any atom is 0.211 e. The van der Waals surface area contributed by atoms with Gasteiger partial charge in [-0.05, 0) is 19.3 Å². The largest absolute Gasteiger partial charge is 0.391 e. The molecular formula is C14H15NO2. The number of rotatable bonds is 2. The Kier molecular flexibility index (Phi) is 2.67. The summed E-state index contributed by atoms with van der Waals surface area (Å²) in [6.45, 7) is 0. The number of hydrogen-bond donors (Lipinski definition) is 0. The monoisotopic (exact) mass is 229 g/mol. The summed E-state index contributed by atoms with van der Waals surface area (Å²) >= 11 is 0. The fraction of sp³-hybridized carbons (Fsp3) is 0.429. The zero-order valence-corrected chi connectivity index (χ0v) is 9.63. The Morgan fingerprint density at radius 2 is 1.94 bits per heavy atom. The van der Waals surface area contributed by atoms with Crippen molar-refractivity contribution in [2.45, 2.75) is 31.8 Å². The summed E-state index contributed by atoms with van der Waals surface area (Å²) in [6.07, 6.45) is 4.56. The number of nitrogens with zero attached hydrogens (tertiary/aromatic N) is 1. The van der Waals surface area contributed by atoms with Crippen LogP contribution < -0.4 is 0 Å². The van der Waals surface area contributed by atoms with Crippen molar-refractivity contribution < 1.29 is 9.63 Å². The molecule has 17 heavy (non-hydrogen) atoms. The molecule has 3 heteroatoms. The first-order valence-corrected chi connectivity index (χ1v) is 6.20. The van der Waals surface area contributed by atoms with E-state index in [1.54, 1.807) is 0 Å². The third kappa shape index (κ3) is 1.86. The van der Waals surface area contributed by atoms with Gasteiger partial charge in [0.25, 0.3) is 0 Å². The highest BCUT2D eigenvalue weighted by Crippen LogP contribution is 2.33. The Bertz CT molecular complexity index is 453. The van der Waals surface area contributed by atoms with E-state index in [1.165, 1.54) is 12.8 Å². The summed E-state index contributed by atoms with van der Waals surface area (Å²) in [6, 6.07) is 9.33. The van der Waals surface area contributed by atoms with E-state index in [4.69, 9.17) is 4.84 Å². The minimum atomic E-state index is 0.0278. The van der Waals surface area contributed by atoms with Gasteiger partial charge in [-0.15, -0.1) is 0 Å². The van der Waals surface area contributed by atoms with Crippen molar-refractivity contribution in [3.05, 3.63) is 35.9 Å². The van der Waals surface area contributed by atoms with E-state index in [2.05, 4.69) is 5.16 Å². The summed E-state index contributed by atoms with van der Waals surface area (Å²) in [5, 5.41) is 4.02. The molecule has 88 valence electrons. The van der Waals surface area contributed by atoms with Crippen LogP contribution in [0.2, 0.25) is 0 Å². The van der Waals surface area contributed by atoms with Gasteiger partial charge in [0.15, 0.2) is 0 Å². The molecule has 1 aromatic rings. The van der Waals surface area contributed by atoms with Crippen LogP contribution in [0.5, 0.6) is 0 Å². The molecule has 1 saturated carbocycles. The Morgan fingerprint density at radius 1 is 1.18 bits per heavy atom. The average molecular weight is 229 g/mol. The van der Waals surface area contributed by atoms with Crippen LogP contribution in [0.25, 0.3) is 0 Å². The third-order valence-corrected chi connectivity index (χ3v) is 3.61. The molecule has 1 aliphatic carbocycles. The van der Waals surface area contributed by atoms with Crippen molar-refractivity contribution in [3.63, 3.8) is 0 Å². The molecule has 0 radical (unpaired) electrons. The summed E-state index contributed by atoms with van der Waals surface area (Å²) < 4.78 is 0. The minimum Gasteiger partial charge on any atom is -0.391 e. The third-order valence-electron chi connectivity index (χ3n) is 3.61. The molecule has 3 nitrogen and oxygen atoms in total. The van der Waals surface area contributed by atoms with E-state index < -0.39 is 0 Å². The molecule has 2 unspecified atom stereocenters. The van der Waals surface area contributed by atoms with Crippen LogP contribution in [0.4, 0.5) is 0 Å². The van der Waals surface area contributed by atoms with Crippen molar-refractivity contribution in [1.29, 1.82) is 0 Å². The zero-order chi connectivity index (χ0) is 11.7. The fourth-order valence-corrected chi connectivity index (χ4v) is 2.68. The lowest BCUT2D eigenvalue weighted by Gasteiger charge is -2.22. The van der Waals surface area contributed by atoms with Crippen molar-refractivity contribution in [3.8, 4) is 0 Å². The van der Waals surface area contributed by atoms with Gasteiger partial charge in [-0.25, -0.2) is 0 Å². The van der Waals surface area contributed by atoms with E-state index in [9.17, 15) is 4.79 Å². The van der Waals surface area contributed by atoms with Crippen molar-refractivity contribution in [2.24, 2.45) is 11.1 Å². The zero-order valence-electron chi connectivity index (χ0n) is 9.63. The Morgan fingerprint density at radius 3 is 2.76 bits per heavy atom. The Labute approximate surface area is 100 Å². The van der Waals surface area contributed by atoms with Crippen LogP contribution in [0.15, 0.2) is 35.5 Å². The smallest absolute Gasteiger partial charge is 0.211 e. The average Bonchev–Trinajstić information content (AvgIpc) is 2.83. The molecular weight excluding hydrogens is 214 g/mol. The quantitative estimate of drug-likeness (QED) is 0.731. The van der Waals surface area contributed by atoms with Gasteiger partial charge in [-0.2, -0.15) is 0 Å². The summed E-state index contributed by atoms with van der Waals surface area (Å²) in [5.74, 6) is 0.247. The first-order chi connectivity index (χ1) is 8.36. The lowest BCUT2D eigenvalue weighted by Crippen LogP contribution is -2.31. The SMILES string of the molecule is O=C(C1=NOC2CCCCC12)c1ccccc1. The summed E-state index contributed by atoms with van der Waals surface area (Å²) in [7, 11) is 0. The highest BCUT2D eigenvalue weighted by atomic mass is 16.6. The Hall–Kier alpha value is -1.64. The van der Waals surface area contributed by atoms with E-state index in [0.29, 0.717) is 11.3 Å². The molecule has 1 fully saturated rings. The van der Waals surface area contributed by atoms with E-state index in [-0.39, 0.29) is 17.8 Å². The van der Waals surface area contributed by atoms with Crippen LogP contribution in [0.1, 0.15) is 36.0 Å². The lowest BCUT2D eigenvalue weighted by molar-refractivity contribution is 0.0396. The molecule has 0 saturated heterocycles. The molecule has 3 rings (SSSR count). The van der Waals surface area contributed by atoms with Gasteiger partial charge in [-0.1, -0.05) is 41.9 Å². The Balaban J connectivity index is 1.83. The minimum absolute atomic E-state index is 0.0278. The normalized spacial score (nSPS) is 26.9. The molecule has 1 aromatic carbocycles. The van der Waals surface area contributed by atoms with Gasteiger partial charge in [0.05, 0.1) is 0 Å². The number of benzene rings is 1. The fourth-order valence-electron chi connectivity index (χ4n) is 2.68. The van der Waals surface area contributed by atoms with Crippen LogP contribution in [0, 0.1) is 5.92 Å². The lowest BCUT2D eigenvalue weighted by atomic mass is 9.81. The molecule has 1 aliphatic heterocycles. The molecule has 0 aromatic heterocycles. The van der Waals surface area contributed by atoms with Gasteiger partial charge in [-0.3, -0.25) is 4.79 Å². The van der Waals surface area contributed by atoms with Crippen molar-refractivity contribution >= 4 is 11.5 Å². The number of fused-ring (bicyclic) bond motifs is 1. The second-order valence-corrected chi connectivity index (χ2v) is 4.71. The van der Waals surface area contributed by atoms with Crippen LogP contribution >= 0.6 is 0 Å². The highest BCUT2D eigenvalue weighted by Gasteiger charge is 2.39. The van der Waals surface area contributed by atoms with Gasteiger partial charge in [0.2, 0.25) is 5.78 Å². The first kappa shape index (κ1) is 10.5. The van der Waals surface area contributed by atoms with Crippen LogP contribution in [-0.4, -0.2) is 17.6 Å². The summed E-state index contributed by atoms with van der Waals surface area (Å²) in [4.78, 5) is 17.7. The van der Waals surface area contributed by atoms with Gasteiger partial charge in [0, 0.05) is 11.5 Å². The van der Waals surface area contributed by atoms with Crippen molar-refractivity contribution in [2.75, 3.05) is 0 Å². The summed E-state index contributed by atoms with van der Waals surface area (Å²) in [5.41, 5.74) is 1.34. The van der Waals surface area contributed by atoms with Gasteiger partial charge in [0.1, 0.15) is 11.8 Å². The predicted molar refractivity (Wildman–Crippen MR) is 65.0 cm³/mol. The molecule has 1 heterocycles. The topological polar surface area (TPSA) is 38.7 Å². The standard InChI is InChI=1S/C14H15NO2/c16-14(10-6-2-1-3-7-10)13-11-8-4-5-9-12(11)17-15-13/h1-3,6-7,11-12H,4-5,8-9H2. The molecule has 2 atom stereocenters. The second-order valence-electron chi connectivity index (χ2n) is 4.71. The maximum atomic E-state index is 12.3. The van der Waals surface area contributed by atoms with Crippen molar-refractivity contribution in [1.82, 2.24) is 0 Å². The highest BCUT2D eigenvalue weighted by molar-refractivity contribution is 6.46. The number of Topliss-reactive ketones (excluding diaryl/α,β-unsaturated/α-hetero) is 1. The number of ketones is 1. The van der Waals surface area contributed by atoms with Crippen LogP contribution in [0.3, 0.4) is 0 Å². The molecule has 0 amide bonds. The first-order valence-electron chi connectivity index (χ1n) is 6.20. The number of carbonyl (C=O) groups excluding carboxylic acids is 1. The number of oxime groups is 1. The second kappa shape index (κ2) is 4.32. The number of carbonyl (C=O) groups is 1. The predicted octanol–water partition coefficient (Wildman–Crippen LogP) is 2.81. The van der Waals surface area contributed by atoms with Gasteiger partial charge >= 0.3 is 0 Å². The molecule has 0 spiro atoms. The van der Waals surface area contributed by atoms with E-state index in [1.807, 2.05) is 30.3 Å². The molecule has 0 N–H and O–H groups in total. The molecule has 0 bridgehead atoms. The number of hydrogen-bond acceptors (Lipinski definition) is 3. The molecule has 2 aliphatic rings. The van der Waals surface area contributed by atoms with E-state index in [0.717, 1.165) is 12.8 Å². The maximum absolute atomic E-state index is 12.3.